The Morgan fingerprint density at radius 3 is 2.17 bits per heavy atom. The van der Waals surface area contributed by atoms with Gasteiger partial charge in [0.05, 0.1) is 0 Å². The van der Waals surface area contributed by atoms with Gasteiger partial charge in [-0.05, 0) is 35.1 Å². The monoisotopic (exact) mass is 236 g/mol. The Morgan fingerprint density at radius 1 is 0.889 bits per heavy atom. The van der Waals surface area contributed by atoms with Gasteiger partial charge in [0.1, 0.15) is 0 Å². The van der Waals surface area contributed by atoms with E-state index < -0.39 is 0 Å². The molecule has 2 aromatic carbocycles. The average molecular weight is 236 g/mol. The maximum absolute atomic E-state index is 2.22. The molecule has 0 aliphatic heterocycles. The maximum atomic E-state index is 2.22. The van der Waals surface area contributed by atoms with E-state index in [0.29, 0.717) is 5.92 Å². The Morgan fingerprint density at radius 2 is 1.56 bits per heavy atom. The summed E-state index contributed by atoms with van der Waals surface area (Å²) in [6.45, 7) is 6.54. The second-order valence-electron chi connectivity index (χ2n) is 5.04. The quantitative estimate of drug-likeness (QED) is 0.675. The van der Waals surface area contributed by atoms with E-state index in [1.54, 1.807) is 0 Å². The van der Waals surface area contributed by atoms with Crippen LogP contribution in [0.2, 0.25) is 0 Å². The fourth-order valence-corrected chi connectivity index (χ4v) is 1.97. The van der Waals surface area contributed by atoms with Crippen LogP contribution >= 0.6 is 0 Å². The number of allylic oxidation sites excluding steroid dienone is 1. The third-order valence-corrected chi connectivity index (χ3v) is 3.04. The molecule has 0 aromatic heterocycles. The molecule has 92 valence electrons. The number of aryl methyl sites for hydroxylation is 1. The van der Waals surface area contributed by atoms with E-state index in [9.17, 15) is 0 Å². The van der Waals surface area contributed by atoms with Crippen molar-refractivity contribution in [3.05, 3.63) is 65.7 Å². The van der Waals surface area contributed by atoms with Crippen LogP contribution < -0.4 is 0 Å². The first-order valence-corrected chi connectivity index (χ1v) is 6.51. The molecule has 0 nitrogen and oxygen atoms in total. The molecule has 0 heterocycles. The maximum Gasteiger partial charge on any atom is -0.0155 e. The highest BCUT2D eigenvalue weighted by molar-refractivity contribution is 5.68. The van der Waals surface area contributed by atoms with E-state index in [-0.39, 0.29) is 0 Å². The van der Waals surface area contributed by atoms with Gasteiger partial charge in [-0.25, -0.2) is 0 Å². The second kappa shape index (κ2) is 5.68. The zero-order chi connectivity index (χ0) is 13.0. The van der Waals surface area contributed by atoms with Gasteiger partial charge in [0.25, 0.3) is 0 Å². The SMILES string of the molecule is Cc1ccccc1-c1ccc(C=CC(C)C)cc1. The van der Waals surface area contributed by atoms with E-state index in [4.69, 9.17) is 0 Å². The van der Waals surface area contributed by atoms with Crippen LogP contribution in [0.5, 0.6) is 0 Å². The van der Waals surface area contributed by atoms with Crippen LogP contribution in [0.1, 0.15) is 25.0 Å². The van der Waals surface area contributed by atoms with Crippen LogP contribution in [0.3, 0.4) is 0 Å². The summed E-state index contributed by atoms with van der Waals surface area (Å²) in [6.07, 6.45) is 4.41. The van der Waals surface area contributed by atoms with E-state index in [2.05, 4.69) is 81.5 Å². The Bertz CT molecular complexity index is 530. The Hall–Kier alpha value is -1.82. The lowest BCUT2D eigenvalue weighted by molar-refractivity contribution is 0.836. The summed E-state index contributed by atoms with van der Waals surface area (Å²) in [7, 11) is 0. The van der Waals surface area contributed by atoms with Crippen molar-refractivity contribution in [3.63, 3.8) is 0 Å². The Kier molecular flexibility index (Phi) is 3.99. The normalized spacial score (nSPS) is 11.3. The number of hydrogen-bond acceptors (Lipinski definition) is 0. The Labute approximate surface area is 110 Å². The molecule has 0 spiro atoms. The minimum absolute atomic E-state index is 0.598. The smallest absolute Gasteiger partial charge is 0.0155 e. The van der Waals surface area contributed by atoms with Crippen molar-refractivity contribution in [1.29, 1.82) is 0 Å². The van der Waals surface area contributed by atoms with E-state index in [1.807, 2.05) is 0 Å². The highest BCUT2D eigenvalue weighted by atomic mass is 14.0. The summed E-state index contributed by atoms with van der Waals surface area (Å²) in [6, 6.07) is 17.3. The zero-order valence-electron chi connectivity index (χ0n) is 11.4. The molecule has 0 radical (unpaired) electrons. The molecule has 0 N–H and O–H groups in total. The molecule has 0 unspecified atom stereocenters. The summed E-state index contributed by atoms with van der Waals surface area (Å²) in [5.41, 5.74) is 5.19. The molecular weight excluding hydrogens is 216 g/mol. The van der Waals surface area contributed by atoms with Crippen molar-refractivity contribution in [3.8, 4) is 11.1 Å². The van der Waals surface area contributed by atoms with Gasteiger partial charge in [0.15, 0.2) is 0 Å². The van der Waals surface area contributed by atoms with E-state index in [0.717, 1.165) is 0 Å². The number of benzene rings is 2. The minimum Gasteiger partial charge on any atom is -0.0814 e. The van der Waals surface area contributed by atoms with Gasteiger partial charge in [-0.2, -0.15) is 0 Å². The van der Waals surface area contributed by atoms with Gasteiger partial charge in [-0.3, -0.25) is 0 Å². The minimum atomic E-state index is 0.598. The molecule has 0 saturated carbocycles. The van der Waals surface area contributed by atoms with Gasteiger partial charge in [-0.1, -0.05) is 74.5 Å². The Balaban J connectivity index is 2.25. The van der Waals surface area contributed by atoms with Crippen molar-refractivity contribution in [1.82, 2.24) is 0 Å². The summed E-state index contributed by atoms with van der Waals surface area (Å²) in [4.78, 5) is 0. The molecule has 0 bridgehead atoms. The first-order valence-electron chi connectivity index (χ1n) is 6.51. The fourth-order valence-electron chi connectivity index (χ4n) is 1.97. The lowest BCUT2D eigenvalue weighted by Gasteiger charge is -2.06. The highest BCUT2D eigenvalue weighted by Gasteiger charge is 1.99. The molecule has 0 amide bonds. The first-order chi connectivity index (χ1) is 8.66. The average Bonchev–Trinajstić information content (AvgIpc) is 2.38. The molecule has 2 rings (SSSR count). The van der Waals surface area contributed by atoms with Gasteiger partial charge >= 0.3 is 0 Å². The van der Waals surface area contributed by atoms with Crippen molar-refractivity contribution >= 4 is 6.08 Å². The van der Waals surface area contributed by atoms with Gasteiger partial charge < -0.3 is 0 Å². The van der Waals surface area contributed by atoms with Gasteiger partial charge in [0.2, 0.25) is 0 Å². The van der Waals surface area contributed by atoms with Crippen LogP contribution in [-0.2, 0) is 0 Å². The summed E-state index contributed by atoms with van der Waals surface area (Å²) >= 11 is 0. The predicted octanol–water partition coefficient (Wildman–Crippen LogP) is 5.33. The van der Waals surface area contributed by atoms with E-state index in [1.165, 1.54) is 22.3 Å². The standard InChI is InChI=1S/C18H20/c1-14(2)8-9-16-10-12-17(13-11-16)18-7-5-4-6-15(18)3/h4-14H,1-3H3. The number of rotatable bonds is 3. The van der Waals surface area contributed by atoms with Crippen molar-refractivity contribution < 1.29 is 0 Å². The molecule has 18 heavy (non-hydrogen) atoms. The molecular formula is C18H20. The molecule has 2 aromatic rings. The summed E-state index contributed by atoms with van der Waals surface area (Å²) in [5.74, 6) is 0.598. The molecule has 0 saturated heterocycles. The molecule has 0 fully saturated rings. The van der Waals surface area contributed by atoms with Crippen molar-refractivity contribution in [2.45, 2.75) is 20.8 Å². The molecule has 0 heteroatoms. The largest absolute Gasteiger partial charge is 0.0814 e. The van der Waals surface area contributed by atoms with Crippen molar-refractivity contribution in [2.24, 2.45) is 5.92 Å². The molecule has 0 aliphatic carbocycles. The van der Waals surface area contributed by atoms with Crippen LogP contribution in [0.25, 0.3) is 17.2 Å². The summed E-state index contributed by atoms with van der Waals surface area (Å²) in [5, 5.41) is 0. The second-order valence-corrected chi connectivity index (χ2v) is 5.04. The fraction of sp³-hybridized carbons (Fsp3) is 0.222. The topological polar surface area (TPSA) is 0 Å². The predicted molar refractivity (Wildman–Crippen MR) is 80.5 cm³/mol. The molecule has 0 aliphatic rings. The van der Waals surface area contributed by atoms with Crippen LogP contribution in [0.4, 0.5) is 0 Å². The van der Waals surface area contributed by atoms with Crippen molar-refractivity contribution in [2.75, 3.05) is 0 Å². The summed E-state index contributed by atoms with van der Waals surface area (Å²) < 4.78 is 0. The first kappa shape index (κ1) is 12.6. The third-order valence-electron chi connectivity index (χ3n) is 3.04. The highest BCUT2D eigenvalue weighted by Crippen LogP contribution is 2.23. The van der Waals surface area contributed by atoms with Gasteiger partial charge in [-0.15, -0.1) is 0 Å². The molecule has 0 atom stereocenters. The lowest BCUT2D eigenvalue weighted by atomic mass is 9.99. The van der Waals surface area contributed by atoms with Crippen LogP contribution in [0, 0.1) is 12.8 Å². The van der Waals surface area contributed by atoms with Crippen LogP contribution in [0.15, 0.2) is 54.6 Å². The van der Waals surface area contributed by atoms with Gasteiger partial charge in [0, 0.05) is 0 Å². The third kappa shape index (κ3) is 3.10. The lowest BCUT2D eigenvalue weighted by Crippen LogP contribution is -1.83. The number of hydrogen-bond donors (Lipinski definition) is 0. The van der Waals surface area contributed by atoms with Crippen LogP contribution in [-0.4, -0.2) is 0 Å². The zero-order valence-corrected chi connectivity index (χ0v) is 11.4. The van der Waals surface area contributed by atoms with E-state index >= 15 is 0 Å².